The third kappa shape index (κ3) is 15.2. The highest BCUT2D eigenvalue weighted by atomic mass is 32.2. The van der Waals surface area contributed by atoms with E-state index in [1.807, 2.05) is 22.9 Å². The van der Waals surface area contributed by atoms with Gasteiger partial charge in [-0.05, 0) is 141 Å². The molecular formula is C52H73N3O16S. The summed E-state index contributed by atoms with van der Waals surface area (Å²) in [5.41, 5.74) is -3.59. The van der Waals surface area contributed by atoms with Crippen LogP contribution >= 0.6 is 0 Å². The van der Waals surface area contributed by atoms with Crippen molar-refractivity contribution in [2.45, 2.75) is 148 Å². The zero-order valence-electron chi connectivity index (χ0n) is 42.9. The van der Waals surface area contributed by atoms with Crippen molar-refractivity contribution in [2.75, 3.05) is 40.1 Å². The molecule has 1 aromatic heterocycles. The smallest absolute Gasteiger partial charge is 0.362 e. The average molecular weight is 1030 g/mol. The molecule has 20 heteroatoms. The van der Waals surface area contributed by atoms with E-state index in [0.29, 0.717) is 82.0 Å². The molecule has 72 heavy (non-hydrogen) atoms. The van der Waals surface area contributed by atoms with Gasteiger partial charge >= 0.3 is 28.2 Å². The number of amides is 2. The topological polar surface area (TPSA) is 250 Å². The minimum absolute atomic E-state index is 0.00349. The number of nitrogens with one attached hydrogen (secondary N) is 1. The Kier molecular flexibility index (Phi) is 17.9. The third-order valence-electron chi connectivity index (χ3n) is 13.9. The molecule has 0 spiro atoms. The summed E-state index contributed by atoms with van der Waals surface area (Å²) < 4.78 is 66.3. The van der Waals surface area contributed by atoms with E-state index >= 15 is 0 Å². The van der Waals surface area contributed by atoms with E-state index in [1.54, 1.807) is 67.8 Å². The van der Waals surface area contributed by atoms with Gasteiger partial charge in [0.2, 0.25) is 17.7 Å². The first-order chi connectivity index (χ1) is 33.7. The number of benzene rings is 1. The highest BCUT2D eigenvalue weighted by Gasteiger charge is 2.61. The molecule has 4 heterocycles. The molecule has 398 valence electrons. The van der Waals surface area contributed by atoms with Gasteiger partial charge in [-0.3, -0.25) is 28.8 Å². The summed E-state index contributed by atoms with van der Waals surface area (Å²) in [6.07, 6.45) is 5.74. The summed E-state index contributed by atoms with van der Waals surface area (Å²) in [6.45, 7) is 18.1. The van der Waals surface area contributed by atoms with Crippen molar-refractivity contribution in [1.29, 1.82) is 0 Å². The number of aromatic nitrogens is 1. The van der Waals surface area contributed by atoms with Gasteiger partial charge in [0.25, 0.3) is 0 Å². The quantitative estimate of drug-likeness (QED) is 0.116. The summed E-state index contributed by atoms with van der Waals surface area (Å²) in [5, 5.41) is 10.8. The van der Waals surface area contributed by atoms with Gasteiger partial charge in [0.05, 0.1) is 55.4 Å². The van der Waals surface area contributed by atoms with Crippen LogP contribution < -0.4 is 14.2 Å². The number of esters is 2. The van der Waals surface area contributed by atoms with E-state index in [4.69, 9.17) is 32.6 Å². The van der Waals surface area contributed by atoms with Crippen molar-refractivity contribution >= 4 is 56.6 Å². The first-order valence-electron chi connectivity index (χ1n) is 24.9. The van der Waals surface area contributed by atoms with Gasteiger partial charge in [0.1, 0.15) is 23.1 Å². The Bertz CT molecular complexity index is 2430. The minimum Gasteiger partial charge on any atom is -0.497 e. The Hall–Kier alpha value is -5.18. The minimum atomic E-state index is -4.44. The number of Topliss-reactive ketones (excluding diaryl/α,β-unsaturated/α-hetero) is 1. The summed E-state index contributed by atoms with van der Waals surface area (Å²) in [4.78, 5) is 85.0. The fourth-order valence-corrected chi connectivity index (χ4v) is 11.0. The Morgan fingerprint density at radius 2 is 1.47 bits per heavy atom. The lowest BCUT2D eigenvalue weighted by molar-refractivity contribution is -0.162. The molecule has 0 bridgehead atoms. The number of ketones is 1. The van der Waals surface area contributed by atoms with Crippen molar-refractivity contribution < 1.29 is 74.9 Å². The van der Waals surface area contributed by atoms with Gasteiger partial charge < -0.3 is 38.4 Å². The van der Waals surface area contributed by atoms with Crippen LogP contribution in [-0.2, 0) is 62.2 Å². The fourth-order valence-electron chi connectivity index (χ4n) is 9.80. The first-order valence-corrected chi connectivity index (χ1v) is 26.3. The van der Waals surface area contributed by atoms with Gasteiger partial charge in [-0.1, -0.05) is 6.08 Å². The monoisotopic (exact) mass is 1030 g/mol. The largest absolute Gasteiger partial charge is 0.497 e. The van der Waals surface area contributed by atoms with Crippen LogP contribution in [0.2, 0.25) is 0 Å². The van der Waals surface area contributed by atoms with Crippen molar-refractivity contribution in [3.63, 3.8) is 0 Å². The molecule has 2 saturated carbocycles. The zero-order chi connectivity index (χ0) is 52.8. The van der Waals surface area contributed by atoms with Crippen LogP contribution in [0.4, 0.5) is 0 Å². The lowest BCUT2D eigenvalue weighted by Gasteiger charge is -2.34. The van der Waals surface area contributed by atoms with E-state index in [1.165, 1.54) is 11.0 Å². The highest BCUT2D eigenvalue weighted by molar-refractivity contribution is 7.85. The molecule has 3 aliphatic heterocycles. The lowest BCUT2D eigenvalue weighted by Crippen LogP contribution is -2.48. The van der Waals surface area contributed by atoms with Crippen molar-refractivity contribution in [3.8, 4) is 11.6 Å². The molecule has 0 unspecified atom stereocenters. The number of hydrogen-bond donors (Lipinski definition) is 2. The second-order valence-electron chi connectivity index (χ2n) is 22.0. The van der Waals surface area contributed by atoms with Crippen LogP contribution in [0.5, 0.6) is 11.6 Å². The maximum atomic E-state index is 14.8. The number of carboxylic acids is 1. The number of nitrogens with zero attached hydrogens (tertiary/aromatic N) is 2. The molecule has 5 fully saturated rings. The van der Waals surface area contributed by atoms with Crippen LogP contribution in [-0.4, -0.2) is 128 Å². The SMILES string of the molecule is C=C[C@@H]1C[C@]1(CC(=O)[C@@H]1C[C@@H](Oc2nccc3cc(OC)ccc23)CN1C(=O)[C@@H](CC(=O)OC(C)(C)C)C1CCOCC1)C(=O)NS(=O)(=O)OC1(C)CC1.CC(C)(C)OC(=O)C[C@H](C(=O)O)C1CCOCC1. The molecule has 6 atom stereocenters. The predicted molar refractivity (Wildman–Crippen MR) is 262 cm³/mol. The number of likely N-dealkylation sites (tertiary alicyclic amines) is 1. The van der Waals surface area contributed by atoms with Gasteiger partial charge in [-0.25, -0.2) is 13.9 Å². The number of allylic oxidation sites excluding steroid dienone is 1. The van der Waals surface area contributed by atoms with Crippen molar-refractivity contribution in [3.05, 3.63) is 43.1 Å². The van der Waals surface area contributed by atoms with E-state index in [9.17, 15) is 42.3 Å². The van der Waals surface area contributed by atoms with Crippen molar-refractivity contribution in [1.82, 2.24) is 14.6 Å². The molecular weight excluding hydrogens is 955 g/mol. The van der Waals surface area contributed by atoms with Crippen LogP contribution in [0.15, 0.2) is 43.1 Å². The lowest BCUT2D eigenvalue weighted by atomic mass is 9.82. The van der Waals surface area contributed by atoms with Gasteiger partial charge in [-0.2, -0.15) is 8.42 Å². The summed E-state index contributed by atoms with van der Waals surface area (Å²) in [6, 6.07) is 6.25. The molecule has 2 aromatic rings. The normalized spacial score (nSPS) is 24.1. The number of carbonyl (C=O) groups is 6. The van der Waals surface area contributed by atoms with Gasteiger partial charge in [0.15, 0.2) is 5.78 Å². The molecule has 7 rings (SSSR count). The Morgan fingerprint density at radius 3 is 1.99 bits per heavy atom. The van der Waals surface area contributed by atoms with Gasteiger partial charge in [-0.15, -0.1) is 6.58 Å². The number of fused-ring (bicyclic) bond motifs is 1. The van der Waals surface area contributed by atoms with Crippen LogP contribution in [0.1, 0.15) is 119 Å². The first kappa shape index (κ1) is 56.1. The molecule has 0 radical (unpaired) electrons. The highest BCUT2D eigenvalue weighted by Crippen LogP contribution is 2.57. The summed E-state index contributed by atoms with van der Waals surface area (Å²) in [5.74, 6) is -4.72. The number of pyridine rings is 1. The average Bonchev–Trinajstić information content (AvgIpc) is 4.17. The van der Waals surface area contributed by atoms with E-state index in [-0.39, 0.29) is 50.5 Å². The number of ether oxygens (including phenoxy) is 6. The molecule has 3 saturated heterocycles. The molecule has 1 aromatic carbocycles. The maximum Gasteiger partial charge on any atom is 0.362 e. The number of carbonyl (C=O) groups excluding carboxylic acids is 5. The van der Waals surface area contributed by atoms with E-state index < -0.39 is 97.9 Å². The van der Waals surface area contributed by atoms with E-state index in [2.05, 4.69) is 11.6 Å². The summed E-state index contributed by atoms with van der Waals surface area (Å²) >= 11 is 0. The second kappa shape index (κ2) is 22.9. The second-order valence-corrected chi connectivity index (χ2v) is 23.3. The number of hydrogen-bond acceptors (Lipinski definition) is 16. The van der Waals surface area contributed by atoms with Crippen LogP contribution in [0, 0.1) is 35.0 Å². The number of rotatable bonds is 19. The van der Waals surface area contributed by atoms with Crippen molar-refractivity contribution in [2.24, 2.45) is 35.0 Å². The third-order valence-corrected chi connectivity index (χ3v) is 14.9. The molecule has 19 nitrogen and oxygen atoms in total. The number of aliphatic carboxylic acids is 1. The Labute approximate surface area is 422 Å². The standard InChI is InChI=1S/C39H51N3O11S.C13H22O5/c1-7-26-21-39(26,36(46)41-54(47,48)53-38(5)13-14-38)22-32(43)31-19-28(51-34-29-9-8-27(49-6)18-25(29)10-15-40-34)23-42(31)35(45)30(24-11-16-50-17-12-24)20-33(44)52-37(2,3)4;1-13(2,3)18-11(14)8-10(12(15)16)9-4-6-17-7-5-9/h7-10,15,18,24,26,28,30-31H,1,11-14,16-17,19-23H2,2-6H3,(H,41,46);9-10H,4-8H2,1-3H3,(H,15,16)/t26-,28-,30+,31+,39-;10-/m10/s1. The van der Waals surface area contributed by atoms with Gasteiger partial charge in [0, 0.05) is 50.9 Å². The molecule has 2 N–H and O–H groups in total. The molecule has 5 aliphatic rings. The van der Waals surface area contributed by atoms with E-state index in [0.717, 1.165) is 5.39 Å². The fraction of sp³-hybridized carbons (Fsp3) is 0.673. The Morgan fingerprint density at radius 1 is 0.903 bits per heavy atom. The predicted octanol–water partition coefficient (Wildman–Crippen LogP) is 6.29. The number of carboxylic acid groups (broad SMARTS) is 1. The summed E-state index contributed by atoms with van der Waals surface area (Å²) in [7, 11) is -2.87. The zero-order valence-corrected chi connectivity index (χ0v) is 43.7. The molecule has 2 aliphatic carbocycles. The Balaban J connectivity index is 0.000000397. The number of methoxy groups -OCH3 is 1. The maximum absolute atomic E-state index is 14.8. The van der Waals surface area contributed by atoms with Crippen LogP contribution in [0.25, 0.3) is 10.8 Å². The molecule has 2 amide bonds. The van der Waals surface area contributed by atoms with Crippen LogP contribution in [0.3, 0.4) is 0 Å².